The highest BCUT2D eigenvalue weighted by Crippen LogP contribution is 2.19. The van der Waals surface area contributed by atoms with Crippen molar-refractivity contribution in [3.63, 3.8) is 0 Å². The maximum atomic E-state index is 13.0. The molecule has 0 bridgehead atoms. The van der Waals surface area contributed by atoms with E-state index in [-0.39, 0.29) is 29.3 Å². The molecule has 7 nitrogen and oxygen atoms in total. The first-order chi connectivity index (χ1) is 14.7. The van der Waals surface area contributed by atoms with Crippen molar-refractivity contribution in [3.05, 3.63) is 74.2 Å². The van der Waals surface area contributed by atoms with Gasteiger partial charge < -0.3 is 10.2 Å². The van der Waals surface area contributed by atoms with Crippen LogP contribution in [0.2, 0.25) is 0 Å². The number of non-ortho nitro benzene ring substituents is 1. The lowest BCUT2D eigenvalue weighted by molar-refractivity contribution is -0.384. The number of nitro benzene ring substituents is 1. The number of benzene rings is 2. The molecule has 0 heterocycles. The molecule has 0 spiro atoms. The van der Waals surface area contributed by atoms with E-state index in [0.29, 0.717) is 12.3 Å². The van der Waals surface area contributed by atoms with Crippen LogP contribution < -0.4 is 5.32 Å². The van der Waals surface area contributed by atoms with Crippen LogP contribution in [0.4, 0.5) is 5.69 Å². The van der Waals surface area contributed by atoms with Gasteiger partial charge in [-0.2, -0.15) is 0 Å². The Morgan fingerprint density at radius 2 is 1.81 bits per heavy atom. The van der Waals surface area contributed by atoms with E-state index >= 15 is 0 Å². The van der Waals surface area contributed by atoms with Crippen LogP contribution >= 0.6 is 27.7 Å². The molecule has 2 aromatic carbocycles. The first-order valence-corrected chi connectivity index (χ1v) is 11.8. The summed E-state index contributed by atoms with van der Waals surface area (Å²) in [5.74, 6) is 0.405. The number of carbonyl (C=O) groups is 2. The number of rotatable bonds is 10. The summed E-state index contributed by atoms with van der Waals surface area (Å²) < 4.78 is 0.907. The van der Waals surface area contributed by atoms with Crippen LogP contribution in [0.15, 0.2) is 53.0 Å². The topological polar surface area (TPSA) is 92.6 Å². The maximum absolute atomic E-state index is 13.0. The van der Waals surface area contributed by atoms with E-state index in [0.717, 1.165) is 15.6 Å². The summed E-state index contributed by atoms with van der Waals surface area (Å²) in [5, 5.41) is 13.6. The number of hydrogen-bond acceptors (Lipinski definition) is 5. The fourth-order valence-corrected chi connectivity index (χ4v) is 4.19. The predicted octanol–water partition coefficient (Wildman–Crippen LogP) is 4.53. The van der Waals surface area contributed by atoms with E-state index in [1.807, 2.05) is 38.1 Å². The SMILES string of the molecule is CC(C)NC(=O)C(C)N(Cc1cccc(Br)c1)C(=O)CSCc1ccc([N+](=O)[O-])cc1. The Kier molecular flexibility index (Phi) is 9.51. The number of carbonyl (C=O) groups excluding carboxylic acids is 2. The summed E-state index contributed by atoms with van der Waals surface area (Å²) in [6.45, 7) is 5.81. The molecular weight excluding hydrogens is 482 g/mol. The van der Waals surface area contributed by atoms with Gasteiger partial charge in [0.05, 0.1) is 10.7 Å². The predicted molar refractivity (Wildman–Crippen MR) is 127 cm³/mol. The maximum Gasteiger partial charge on any atom is 0.269 e. The van der Waals surface area contributed by atoms with E-state index in [4.69, 9.17) is 0 Å². The van der Waals surface area contributed by atoms with Gasteiger partial charge in [-0.05, 0) is 44.0 Å². The average molecular weight is 508 g/mol. The van der Waals surface area contributed by atoms with Crippen molar-refractivity contribution in [1.82, 2.24) is 10.2 Å². The van der Waals surface area contributed by atoms with Gasteiger partial charge in [-0.25, -0.2) is 0 Å². The normalized spacial score (nSPS) is 11.8. The molecule has 1 N–H and O–H groups in total. The number of thioether (sulfide) groups is 1. The van der Waals surface area contributed by atoms with Gasteiger partial charge >= 0.3 is 0 Å². The quantitative estimate of drug-likeness (QED) is 0.376. The molecule has 0 saturated heterocycles. The third kappa shape index (κ3) is 7.99. The third-order valence-corrected chi connectivity index (χ3v) is 5.96. The smallest absolute Gasteiger partial charge is 0.269 e. The van der Waals surface area contributed by atoms with E-state index in [1.54, 1.807) is 24.0 Å². The fourth-order valence-electron chi connectivity index (χ4n) is 2.87. The van der Waals surface area contributed by atoms with Gasteiger partial charge in [0.2, 0.25) is 11.8 Å². The highest BCUT2D eigenvalue weighted by Gasteiger charge is 2.26. The lowest BCUT2D eigenvalue weighted by Crippen LogP contribution is -2.49. The molecule has 9 heteroatoms. The summed E-state index contributed by atoms with van der Waals surface area (Å²) in [4.78, 5) is 37.5. The van der Waals surface area contributed by atoms with Crippen LogP contribution in [0.1, 0.15) is 31.9 Å². The lowest BCUT2D eigenvalue weighted by Gasteiger charge is -2.29. The number of amides is 2. The Bertz CT molecular complexity index is 921. The van der Waals surface area contributed by atoms with Gasteiger partial charge in [0, 0.05) is 34.9 Å². The van der Waals surface area contributed by atoms with Gasteiger partial charge in [-0.3, -0.25) is 19.7 Å². The van der Waals surface area contributed by atoms with Crippen molar-refractivity contribution in [2.75, 3.05) is 5.75 Å². The highest BCUT2D eigenvalue weighted by atomic mass is 79.9. The standard InChI is InChI=1S/C22H26BrN3O4S/c1-15(2)24-22(28)16(3)25(12-18-5-4-6-19(23)11-18)21(27)14-31-13-17-7-9-20(10-8-17)26(29)30/h4-11,15-16H,12-14H2,1-3H3,(H,24,28). The summed E-state index contributed by atoms with van der Waals surface area (Å²) in [5.41, 5.74) is 1.86. The Hall–Kier alpha value is -2.39. The largest absolute Gasteiger partial charge is 0.352 e. The lowest BCUT2D eigenvalue weighted by atomic mass is 10.1. The van der Waals surface area contributed by atoms with Crippen molar-refractivity contribution in [1.29, 1.82) is 0 Å². The van der Waals surface area contributed by atoms with Crippen LogP contribution in [-0.2, 0) is 21.9 Å². The van der Waals surface area contributed by atoms with Crippen molar-refractivity contribution in [2.24, 2.45) is 0 Å². The number of hydrogen-bond donors (Lipinski definition) is 1. The number of nitro groups is 1. The molecule has 0 aliphatic rings. The first-order valence-electron chi connectivity index (χ1n) is 9.82. The Morgan fingerprint density at radius 3 is 2.39 bits per heavy atom. The van der Waals surface area contributed by atoms with Gasteiger partial charge in [0.25, 0.3) is 5.69 Å². The fraction of sp³-hybridized carbons (Fsp3) is 0.364. The monoisotopic (exact) mass is 507 g/mol. The molecule has 0 radical (unpaired) electrons. The van der Waals surface area contributed by atoms with Gasteiger partial charge in [0.15, 0.2) is 0 Å². The molecule has 2 rings (SSSR count). The zero-order valence-corrected chi connectivity index (χ0v) is 20.1. The molecule has 0 aromatic heterocycles. The minimum absolute atomic E-state index is 0.0192. The van der Waals surface area contributed by atoms with E-state index in [2.05, 4.69) is 21.2 Å². The zero-order valence-electron chi connectivity index (χ0n) is 17.7. The Morgan fingerprint density at radius 1 is 1.13 bits per heavy atom. The van der Waals surface area contributed by atoms with Crippen LogP contribution in [0.25, 0.3) is 0 Å². The van der Waals surface area contributed by atoms with E-state index in [9.17, 15) is 19.7 Å². The van der Waals surface area contributed by atoms with Crippen molar-refractivity contribution in [3.8, 4) is 0 Å². The number of nitrogens with one attached hydrogen (secondary N) is 1. The highest BCUT2D eigenvalue weighted by molar-refractivity contribution is 9.10. The van der Waals surface area contributed by atoms with E-state index < -0.39 is 11.0 Å². The van der Waals surface area contributed by atoms with Crippen LogP contribution in [-0.4, -0.2) is 39.5 Å². The Labute approximate surface area is 194 Å². The van der Waals surface area contributed by atoms with Gasteiger partial charge in [-0.15, -0.1) is 11.8 Å². The first kappa shape index (κ1) is 24.9. The minimum Gasteiger partial charge on any atom is -0.352 e. The molecule has 2 amide bonds. The summed E-state index contributed by atoms with van der Waals surface area (Å²) >= 11 is 4.85. The molecular formula is C22H26BrN3O4S. The second kappa shape index (κ2) is 11.9. The van der Waals surface area contributed by atoms with Gasteiger partial charge in [-0.1, -0.05) is 40.2 Å². The van der Waals surface area contributed by atoms with Crippen LogP contribution in [0.3, 0.4) is 0 Å². The van der Waals surface area contributed by atoms with Crippen LogP contribution in [0, 0.1) is 10.1 Å². The molecule has 0 saturated carbocycles. The molecule has 0 aliphatic carbocycles. The molecule has 2 aromatic rings. The van der Waals surface area contributed by atoms with Crippen LogP contribution in [0.5, 0.6) is 0 Å². The molecule has 1 unspecified atom stereocenters. The Balaban J connectivity index is 2.05. The van der Waals surface area contributed by atoms with Crippen molar-refractivity contribution in [2.45, 2.75) is 45.2 Å². The minimum atomic E-state index is -0.617. The number of halogens is 1. The summed E-state index contributed by atoms with van der Waals surface area (Å²) in [6.07, 6.45) is 0. The zero-order chi connectivity index (χ0) is 23.0. The number of nitrogens with zero attached hydrogens (tertiary/aromatic N) is 2. The second-order valence-corrected chi connectivity index (χ2v) is 9.31. The summed E-state index contributed by atoms with van der Waals surface area (Å²) in [7, 11) is 0. The second-order valence-electron chi connectivity index (χ2n) is 7.41. The molecule has 0 aliphatic heterocycles. The van der Waals surface area contributed by atoms with Crippen molar-refractivity contribution >= 4 is 45.2 Å². The molecule has 1 atom stereocenters. The molecule has 0 fully saturated rings. The molecule has 166 valence electrons. The van der Waals surface area contributed by atoms with Gasteiger partial charge in [0.1, 0.15) is 6.04 Å². The molecule has 31 heavy (non-hydrogen) atoms. The third-order valence-electron chi connectivity index (χ3n) is 4.48. The van der Waals surface area contributed by atoms with E-state index in [1.165, 1.54) is 23.9 Å². The summed E-state index contributed by atoms with van der Waals surface area (Å²) in [6, 6.07) is 13.3. The van der Waals surface area contributed by atoms with Crippen molar-refractivity contribution < 1.29 is 14.5 Å². The average Bonchev–Trinajstić information content (AvgIpc) is 2.71.